The highest BCUT2D eigenvalue weighted by atomic mass is 32.1. The molecule has 1 aromatic heterocycles. The third-order valence-corrected chi connectivity index (χ3v) is 7.36. The Morgan fingerprint density at radius 1 is 1.00 bits per heavy atom. The Kier molecular flexibility index (Phi) is 9.03. The Morgan fingerprint density at radius 3 is 2.49 bits per heavy atom. The van der Waals surface area contributed by atoms with Crippen LogP contribution in [0.15, 0.2) is 60.0 Å². The van der Waals surface area contributed by atoms with Crippen LogP contribution in [0.4, 0.5) is 0 Å². The summed E-state index contributed by atoms with van der Waals surface area (Å²) in [5.74, 6) is 1.57. The van der Waals surface area contributed by atoms with E-state index in [1.165, 1.54) is 9.78 Å². The Balaban J connectivity index is 1.53. The predicted molar refractivity (Wildman–Crippen MR) is 142 cm³/mol. The van der Waals surface area contributed by atoms with E-state index in [1.54, 1.807) is 56.9 Å². The van der Waals surface area contributed by atoms with Gasteiger partial charge in [0, 0.05) is 36.7 Å². The van der Waals surface area contributed by atoms with Crippen molar-refractivity contribution in [1.82, 2.24) is 9.80 Å². The maximum absolute atomic E-state index is 13.7. The van der Waals surface area contributed by atoms with Crippen molar-refractivity contribution in [3.8, 4) is 17.2 Å². The second kappa shape index (κ2) is 12.6. The van der Waals surface area contributed by atoms with Crippen LogP contribution in [0, 0.1) is 0 Å². The first kappa shape index (κ1) is 26.5. The summed E-state index contributed by atoms with van der Waals surface area (Å²) in [5, 5.41) is 2.05. The zero-order valence-corrected chi connectivity index (χ0v) is 22.2. The van der Waals surface area contributed by atoms with Crippen LogP contribution in [0.1, 0.15) is 26.8 Å². The summed E-state index contributed by atoms with van der Waals surface area (Å²) in [7, 11) is 4.74. The Labute approximate surface area is 221 Å². The Morgan fingerprint density at radius 2 is 1.73 bits per heavy atom. The highest BCUT2D eigenvalue weighted by Crippen LogP contribution is 2.34. The summed E-state index contributed by atoms with van der Waals surface area (Å²) >= 11 is 1.69. The molecule has 0 N–H and O–H groups in total. The molecule has 0 fully saturated rings. The summed E-state index contributed by atoms with van der Waals surface area (Å²) in [6.07, 6.45) is 0.774. The van der Waals surface area contributed by atoms with Crippen LogP contribution < -0.4 is 14.2 Å². The van der Waals surface area contributed by atoms with E-state index in [2.05, 4.69) is 6.07 Å². The first-order valence-electron chi connectivity index (χ1n) is 12.1. The minimum Gasteiger partial charge on any atom is -0.497 e. The summed E-state index contributed by atoms with van der Waals surface area (Å²) < 4.78 is 21.9. The van der Waals surface area contributed by atoms with Gasteiger partial charge < -0.3 is 28.7 Å². The van der Waals surface area contributed by atoms with Crippen LogP contribution >= 0.6 is 11.3 Å². The second-order valence-electron chi connectivity index (χ2n) is 8.59. The van der Waals surface area contributed by atoms with E-state index in [1.807, 2.05) is 34.5 Å². The molecule has 0 saturated heterocycles. The van der Waals surface area contributed by atoms with Crippen molar-refractivity contribution in [2.45, 2.75) is 12.5 Å². The number of carbonyl (C=O) groups excluding carboxylic acids is 2. The molecule has 1 atom stereocenters. The summed E-state index contributed by atoms with van der Waals surface area (Å²) in [6.45, 7) is 1.41. The molecule has 0 bridgehead atoms. The van der Waals surface area contributed by atoms with Crippen LogP contribution in [0.25, 0.3) is 0 Å². The Bertz CT molecular complexity index is 1210. The standard InChI is InChI=1S/C28H32N2O6S/c1-33-14-13-29(28(32)20-6-4-7-21(16-20)34-2)18-27(31)30-12-10-26-24(11-15-37-26)25(30)19-36-23-9-5-8-22(17-23)35-3/h4-9,11,15-17,25H,10,12-14,18-19H2,1-3H3/t25-/m1/s1. The zero-order valence-electron chi connectivity index (χ0n) is 21.3. The van der Waals surface area contributed by atoms with Gasteiger partial charge in [0.2, 0.25) is 5.91 Å². The minimum atomic E-state index is -0.259. The molecule has 0 radical (unpaired) electrons. The quantitative estimate of drug-likeness (QED) is 0.377. The van der Waals surface area contributed by atoms with Crippen molar-refractivity contribution in [3.05, 3.63) is 76.0 Å². The minimum absolute atomic E-state index is 0.0610. The van der Waals surface area contributed by atoms with Crippen LogP contribution in [-0.4, -0.2) is 75.8 Å². The van der Waals surface area contributed by atoms with E-state index >= 15 is 0 Å². The Hall–Kier alpha value is -3.56. The zero-order chi connectivity index (χ0) is 26.2. The van der Waals surface area contributed by atoms with Gasteiger partial charge in [-0.25, -0.2) is 0 Å². The number of rotatable bonds is 11. The van der Waals surface area contributed by atoms with Crippen molar-refractivity contribution in [2.75, 3.05) is 54.2 Å². The third kappa shape index (κ3) is 6.42. The molecule has 0 spiro atoms. The average Bonchev–Trinajstić information content (AvgIpc) is 3.43. The smallest absolute Gasteiger partial charge is 0.254 e. The van der Waals surface area contributed by atoms with Crippen LogP contribution in [-0.2, 0) is 16.0 Å². The van der Waals surface area contributed by atoms with Gasteiger partial charge in [-0.1, -0.05) is 12.1 Å². The molecule has 2 amide bonds. The number of carbonyl (C=O) groups is 2. The fourth-order valence-electron chi connectivity index (χ4n) is 4.39. The number of fused-ring (bicyclic) bond motifs is 1. The first-order chi connectivity index (χ1) is 18.0. The maximum Gasteiger partial charge on any atom is 0.254 e. The van der Waals surface area contributed by atoms with Crippen molar-refractivity contribution in [2.24, 2.45) is 0 Å². The molecule has 3 aromatic rings. The van der Waals surface area contributed by atoms with E-state index in [0.29, 0.717) is 49.1 Å². The highest BCUT2D eigenvalue weighted by molar-refractivity contribution is 7.10. The molecular weight excluding hydrogens is 492 g/mol. The van der Waals surface area contributed by atoms with Crippen LogP contribution in [0.3, 0.4) is 0 Å². The molecule has 2 heterocycles. The molecule has 2 aromatic carbocycles. The lowest BCUT2D eigenvalue weighted by molar-refractivity contribution is -0.135. The first-order valence-corrected chi connectivity index (χ1v) is 13.0. The van der Waals surface area contributed by atoms with E-state index in [9.17, 15) is 9.59 Å². The number of thiophene rings is 1. The molecule has 0 aliphatic carbocycles. The number of methoxy groups -OCH3 is 3. The topological polar surface area (TPSA) is 77.5 Å². The van der Waals surface area contributed by atoms with Gasteiger partial charge >= 0.3 is 0 Å². The molecular formula is C28H32N2O6S. The predicted octanol–water partition coefficient (Wildman–Crippen LogP) is 4.06. The number of amides is 2. The van der Waals surface area contributed by atoms with Crippen LogP contribution in [0.2, 0.25) is 0 Å². The average molecular weight is 525 g/mol. The number of ether oxygens (including phenoxy) is 4. The fourth-order valence-corrected chi connectivity index (χ4v) is 5.32. The normalized spacial score (nSPS) is 14.6. The number of benzene rings is 2. The van der Waals surface area contributed by atoms with Gasteiger partial charge in [-0.3, -0.25) is 9.59 Å². The van der Waals surface area contributed by atoms with Crippen molar-refractivity contribution in [3.63, 3.8) is 0 Å². The van der Waals surface area contributed by atoms with Crippen molar-refractivity contribution >= 4 is 23.2 Å². The van der Waals surface area contributed by atoms with Crippen molar-refractivity contribution in [1.29, 1.82) is 0 Å². The number of hydrogen-bond donors (Lipinski definition) is 0. The van der Waals surface area contributed by atoms with E-state index < -0.39 is 0 Å². The molecule has 8 nitrogen and oxygen atoms in total. The van der Waals surface area contributed by atoms with E-state index in [0.717, 1.165) is 12.0 Å². The number of nitrogens with zero attached hydrogens (tertiary/aromatic N) is 2. The molecule has 196 valence electrons. The highest BCUT2D eigenvalue weighted by Gasteiger charge is 2.33. The lowest BCUT2D eigenvalue weighted by Gasteiger charge is -2.37. The monoisotopic (exact) mass is 524 g/mol. The second-order valence-corrected chi connectivity index (χ2v) is 9.59. The summed E-state index contributed by atoms with van der Waals surface area (Å²) in [4.78, 5) is 31.7. The molecule has 0 saturated carbocycles. The van der Waals surface area contributed by atoms with Gasteiger partial charge in [-0.2, -0.15) is 0 Å². The van der Waals surface area contributed by atoms with Gasteiger partial charge in [-0.05, 0) is 53.8 Å². The van der Waals surface area contributed by atoms with Gasteiger partial charge in [0.15, 0.2) is 0 Å². The third-order valence-electron chi connectivity index (χ3n) is 6.36. The van der Waals surface area contributed by atoms with Crippen molar-refractivity contribution < 1.29 is 28.5 Å². The van der Waals surface area contributed by atoms with Gasteiger partial charge in [0.1, 0.15) is 30.4 Å². The van der Waals surface area contributed by atoms with Crippen LogP contribution in [0.5, 0.6) is 17.2 Å². The summed E-state index contributed by atoms with van der Waals surface area (Å²) in [5.41, 5.74) is 1.55. The van der Waals surface area contributed by atoms with Gasteiger partial charge in [0.05, 0.1) is 26.9 Å². The fraction of sp³-hybridized carbons (Fsp3) is 0.357. The summed E-state index contributed by atoms with van der Waals surface area (Å²) in [6, 6.07) is 16.1. The van der Waals surface area contributed by atoms with Gasteiger partial charge in [0.25, 0.3) is 5.91 Å². The molecule has 37 heavy (non-hydrogen) atoms. The number of hydrogen-bond acceptors (Lipinski definition) is 7. The lowest BCUT2D eigenvalue weighted by Crippen LogP contribution is -2.48. The lowest BCUT2D eigenvalue weighted by atomic mass is 10.0. The van der Waals surface area contributed by atoms with E-state index in [-0.39, 0.29) is 24.4 Å². The van der Waals surface area contributed by atoms with E-state index in [4.69, 9.17) is 18.9 Å². The molecule has 4 rings (SSSR count). The maximum atomic E-state index is 13.7. The SMILES string of the molecule is COCCN(CC(=O)N1CCc2sccc2[C@H]1COc1cccc(OC)c1)C(=O)c1cccc(OC)c1. The van der Waals surface area contributed by atoms with Gasteiger partial charge in [-0.15, -0.1) is 11.3 Å². The molecule has 9 heteroatoms. The largest absolute Gasteiger partial charge is 0.497 e. The molecule has 1 aliphatic heterocycles. The molecule has 0 unspecified atom stereocenters. The molecule has 1 aliphatic rings.